The molecule has 0 radical (unpaired) electrons. The van der Waals surface area contributed by atoms with Gasteiger partial charge in [-0.05, 0) is 36.3 Å². The van der Waals surface area contributed by atoms with Crippen molar-refractivity contribution in [2.75, 3.05) is 39.4 Å². The average molecular weight is 441 g/mol. The van der Waals surface area contributed by atoms with Gasteiger partial charge in [0.2, 0.25) is 11.8 Å². The third-order valence-electron chi connectivity index (χ3n) is 4.21. The van der Waals surface area contributed by atoms with Crippen LogP contribution in [0.15, 0.2) is 25.3 Å². The lowest BCUT2D eigenvalue weighted by atomic mass is 9.80. The van der Waals surface area contributed by atoms with Gasteiger partial charge in [-0.25, -0.2) is 9.59 Å². The van der Waals surface area contributed by atoms with Gasteiger partial charge in [-0.3, -0.25) is 9.59 Å². The molecule has 4 amide bonds. The summed E-state index contributed by atoms with van der Waals surface area (Å²) >= 11 is 0. The molecule has 0 spiro atoms. The third-order valence-corrected chi connectivity index (χ3v) is 4.21. The van der Waals surface area contributed by atoms with Crippen molar-refractivity contribution in [3.05, 3.63) is 25.3 Å². The summed E-state index contributed by atoms with van der Waals surface area (Å²) in [5, 5.41) is 10.4. The third kappa shape index (κ3) is 16.4. The molecule has 0 bridgehead atoms. The second kappa shape index (κ2) is 15.8. The van der Waals surface area contributed by atoms with Crippen molar-refractivity contribution >= 4 is 24.0 Å². The first-order chi connectivity index (χ1) is 14.6. The molecule has 10 heteroatoms. The van der Waals surface area contributed by atoms with E-state index in [1.165, 1.54) is 0 Å². The summed E-state index contributed by atoms with van der Waals surface area (Å²) in [5.41, 5.74) is -0.0643. The van der Waals surface area contributed by atoms with Crippen LogP contribution in [0.4, 0.5) is 9.59 Å². The number of nitrogens with one attached hydrogen (secondary N) is 4. The molecule has 0 aromatic carbocycles. The van der Waals surface area contributed by atoms with Gasteiger partial charge < -0.3 is 30.7 Å². The Kier molecular flexibility index (Phi) is 14.2. The highest BCUT2D eigenvalue weighted by Crippen LogP contribution is 2.28. The van der Waals surface area contributed by atoms with Crippen molar-refractivity contribution in [2.24, 2.45) is 11.3 Å². The van der Waals surface area contributed by atoms with E-state index < -0.39 is 12.2 Å². The van der Waals surface area contributed by atoms with E-state index in [2.05, 4.69) is 48.3 Å². The fourth-order valence-corrected chi connectivity index (χ4v) is 2.76. The highest BCUT2D eigenvalue weighted by molar-refractivity contribution is 5.87. The molecule has 0 aliphatic heterocycles. The second-order valence-corrected chi connectivity index (χ2v) is 7.79. The van der Waals surface area contributed by atoms with Crippen molar-refractivity contribution < 1.29 is 28.7 Å². The van der Waals surface area contributed by atoms with Gasteiger partial charge in [0.25, 0.3) is 0 Å². The zero-order chi connectivity index (χ0) is 23.7. The standard InChI is InChI=1S/C21H36N4O6/c1-6-17(26)22-10-12-30-19(28)24-9-8-21(4,5)14-16(3)15-25-20(29)31-13-11-23-18(27)7-2/h6-7,16H,1-2,8-15H2,3-5H3,(H,22,26)(H,23,27)(H,24,28)(H,25,29). The summed E-state index contributed by atoms with van der Waals surface area (Å²) in [6, 6.07) is 0. The first-order valence-corrected chi connectivity index (χ1v) is 10.2. The van der Waals surface area contributed by atoms with Crippen LogP contribution >= 0.6 is 0 Å². The molecule has 10 nitrogen and oxygen atoms in total. The Hall–Kier alpha value is -3.04. The zero-order valence-electron chi connectivity index (χ0n) is 18.8. The maximum absolute atomic E-state index is 11.7. The Morgan fingerprint density at radius 2 is 1.32 bits per heavy atom. The fourth-order valence-electron chi connectivity index (χ4n) is 2.76. The molecule has 0 aliphatic carbocycles. The van der Waals surface area contributed by atoms with Crippen LogP contribution in [0.5, 0.6) is 0 Å². The summed E-state index contributed by atoms with van der Waals surface area (Å²) < 4.78 is 9.95. The number of hydrogen-bond acceptors (Lipinski definition) is 6. The Balaban J connectivity index is 3.93. The number of carbonyl (C=O) groups excluding carboxylic acids is 4. The molecule has 0 saturated carbocycles. The van der Waals surface area contributed by atoms with Gasteiger partial charge in [0.15, 0.2) is 0 Å². The highest BCUT2D eigenvalue weighted by Gasteiger charge is 2.21. The largest absolute Gasteiger partial charge is 0.448 e. The number of alkyl carbamates (subject to hydrolysis) is 2. The fraction of sp³-hybridized carbons (Fsp3) is 0.619. The zero-order valence-corrected chi connectivity index (χ0v) is 18.8. The summed E-state index contributed by atoms with van der Waals surface area (Å²) in [5.74, 6) is -0.442. The van der Waals surface area contributed by atoms with Gasteiger partial charge in [-0.1, -0.05) is 33.9 Å². The number of rotatable bonds is 15. The number of ether oxygens (including phenoxy) is 2. The molecule has 31 heavy (non-hydrogen) atoms. The minimum absolute atomic E-state index is 0.0643. The van der Waals surface area contributed by atoms with Gasteiger partial charge in [-0.15, -0.1) is 0 Å². The summed E-state index contributed by atoms with van der Waals surface area (Å²) in [6.07, 6.45) is 2.78. The monoisotopic (exact) mass is 440 g/mol. The predicted octanol–water partition coefficient (Wildman–Crippen LogP) is 1.49. The van der Waals surface area contributed by atoms with Gasteiger partial charge >= 0.3 is 12.2 Å². The molecule has 1 atom stereocenters. The van der Waals surface area contributed by atoms with E-state index in [4.69, 9.17) is 9.47 Å². The number of hydrogen-bond donors (Lipinski definition) is 4. The Morgan fingerprint density at radius 3 is 1.81 bits per heavy atom. The normalized spacial score (nSPS) is 11.5. The average Bonchev–Trinajstić information content (AvgIpc) is 2.71. The first kappa shape index (κ1) is 28.0. The maximum Gasteiger partial charge on any atom is 0.407 e. The van der Waals surface area contributed by atoms with E-state index in [0.717, 1.165) is 25.0 Å². The molecule has 0 rings (SSSR count). The van der Waals surface area contributed by atoms with Crippen molar-refractivity contribution in [3.63, 3.8) is 0 Å². The first-order valence-electron chi connectivity index (χ1n) is 10.2. The van der Waals surface area contributed by atoms with Crippen LogP contribution in [0.25, 0.3) is 0 Å². The quantitative estimate of drug-likeness (QED) is 0.225. The Labute approximate surface area is 184 Å². The topological polar surface area (TPSA) is 135 Å². The molecule has 0 heterocycles. The molecule has 176 valence electrons. The summed E-state index contributed by atoms with van der Waals surface area (Å²) in [7, 11) is 0. The molecule has 0 saturated heterocycles. The molecule has 0 fully saturated rings. The SMILES string of the molecule is C=CC(=O)NCCOC(=O)NCCC(C)(C)CC(C)CNC(=O)OCCNC(=O)C=C. The molecule has 4 N–H and O–H groups in total. The van der Waals surface area contributed by atoms with E-state index in [-0.39, 0.29) is 49.5 Å². The van der Waals surface area contributed by atoms with Gasteiger partial charge in [-0.2, -0.15) is 0 Å². The Bertz CT molecular complexity index is 621. The van der Waals surface area contributed by atoms with Gasteiger partial charge in [0.05, 0.1) is 13.1 Å². The summed E-state index contributed by atoms with van der Waals surface area (Å²) in [6.45, 7) is 14.3. The van der Waals surface area contributed by atoms with Gasteiger partial charge in [0.1, 0.15) is 13.2 Å². The lowest BCUT2D eigenvalue weighted by molar-refractivity contribution is -0.117. The van der Waals surface area contributed by atoms with Crippen molar-refractivity contribution in [1.29, 1.82) is 0 Å². The minimum atomic E-state index is -0.537. The van der Waals surface area contributed by atoms with E-state index >= 15 is 0 Å². The van der Waals surface area contributed by atoms with Crippen molar-refractivity contribution in [1.82, 2.24) is 21.3 Å². The molecule has 1 unspecified atom stereocenters. The highest BCUT2D eigenvalue weighted by atomic mass is 16.6. The lowest BCUT2D eigenvalue weighted by Gasteiger charge is -2.28. The minimum Gasteiger partial charge on any atom is -0.448 e. The number of amides is 4. The lowest BCUT2D eigenvalue weighted by Crippen LogP contribution is -2.34. The molecule has 0 aliphatic rings. The van der Waals surface area contributed by atoms with Crippen LogP contribution in [-0.4, -0.2) is 63.4 Å². The maximum atomic E-state index is 11.7. The van der Waals surface area contributed by atoms with E-state index in [1.807, 2.05) is 6.92 Å². The second-order valence-electron chi connectivity index (χ2n) is 7.79. The van der Waals surface area contributed by atoms with Gasteiger partial charge in [0, 0.05) is 13.1 Å². The van der Waals surface area contributed by atoms with Crippen LogP contribution in [0.3, 0.4) is 0 Å². The van der Waals surface area contributed by atoms with Crippen molar-refractivity contribution in [3.8, 4) is 0 Å². The van der Waals surface area contributed by atoms with Crippen LogP contribution in [0.1, 0.15) is 33.6 Å². The van der Waals surface area contributed by atoms with Crippen LogP contribution in [0.2, 0.25) is 0 Å². The van der Waals surface area contributed by atoms with E-state index in [9.17, 15) is 19.2 Å². The van der Waals surface area contributed by atoms with E-state index in [0.29, 0.717) is 13.1 Å². The Morgan fingerprint density at radius 1 is 0.839 bits per heavy atom. The summed E-state index contributed by atoms with van der Waals surface area (Å²) in [4.78, 5) is 45.3. The van der Waals surface area contributed by atoms with Crippen LogP contribution in [-0.2, 0) is 19.1 Å². The number of carbonyl (C=O) groups is 4. The van der Waals surface area contributed by atoms with Crippen LogP contribution in [0, 0.1) is 11.3 Å². The van der Waals surface area contributed by atoms with Crippen LogP contribution < -0.4 is 21.3 Å². The predicted molar refractivity (Wildman–Crippen MR) is 117 cm³/mol. The molecular weight excluding hydrogens is 404 g/mol. The van der Waals surface area contributed by atoms with E-state index in [1.54, 1.807) is 0 Å². The van der Waals surface area contributed by atoms with Crippen molar-refractivity contribution in [2.45, 2.75) is 33.6 Å². The molecular formula is C21H36N4O6. The smallest absolute Gasteiger partial charge is 0.407 e. The molecule has 0 aromatic heterocycles. The molecule has 0 aromatic rings.